The van der Waals surface area contributed by atoms with Gasteiger partial charge in [0, 0.05) is 34.3 Å². The van der Waals surface area contributed by atoms with Crippen LogP contribution in [0.25, 0.3) is 0 Å². The number of carbonyl (C=O) groups is 6. The van der Waals surface area contributed by atoms with Gasteiger partial charge in [0.1, 0.15) is 12.6 Å². The van der Waals surface area contributed by atoms with Gasteiger partial charge < -0.3 is 40.7 Å². The molecule has 3 amide bonds. The van der Waals surface area contributed by atoms with Crippen molar-refractivity contribution in [2.24, 2.45) is 39.4 Å². The molecular formula is C43H52BrN3O11. The summed E-state index contributed by atoms with van der Waals surface area (Å²) in [5, 5.41) is 39.3. The number of carbonyl (C=O) groups excluding carboxylic acids is 5. The van der Waals surface area contributed by atoms with E-state index in [1.165, 1.54) is 0 Å². The van der Waals surface area contributed by atoms with Gasteiger partial charge in [0.15, 0.2) is 23.5 Å². The van der Waals surface area contributed by atoms with Crippen LogP contribution in [-0.2, 0) is 44.7 Å². The maximum atomic E-state index is 14.0. The summed E-state index contributed by atoms with van der Waals surface area (Å²) in [6, 6.07) is 6.27. The van der Waals surface area contributed by atoms with Crippen LogP contribution in [0.2, 0.25) is 0 Å². The first-order valence-electron chi connectivity index (χ1n) is 20.3. The second-order valence-corrected chi connectivity index (χ2v) is 19.1. The maximum absolute atomic E-state index is 14.0. The Hall–Kier alpha value is -3.76. The molecule has 7 aliphatic carbocycles. The average Bonchev–Trinajstić information content (AvgIpc) is 3.65. The Kier molecular flexibility index (Phi) is 10.4. The molecule has 1 aromatic carbocycles. The normalized spacial score (nSPS) is 39.3. The minimum atomic E-state index is -1.38. The molecule has 1 saturated heterocycles. The number of alkyl halides is 1. The number of aliphatic hydroxyl groups is 2. The van der Waals surface area contributed by atoms with E-state index in [1.54, 1.807) is 18.2 Å². The first-order valence-corrected chi connectivity index (χ1v) is 21.5. The molecule has 58 heavy (non-hydrogen) atoms. The summed E-state index contributed by atoms with van der Waals surface area (Å²) in [5.74, 6) is -3.15. The lowest BCUT2D eigenvalue weighted by molar-refractivity contribution is -0.323. The van der Waals surface area contributed by atoms with Crippen LogP contribution in [0.1, 0.15) is 77.2 Å². The number of ketones is 2. The van der Waals surface area contributed by atoms with E-state index in [0.717, 1.165) is 49.7 Å². The van der Waals surface area contributed by atoms with Gasteiger partial charge in [-0.1, -0.05) is 53.6 Å². The molecule has 0 aromatic heterocycles. The lowest BCUT2D eigenvalue weighted by Gasteiger charge is -2.72. The number of fused-ring (bicyclic) bond motifs is 7. The molecule has 10 atom stereocenters. The number of Topliss-reactive ketones (excluding diaryl/α,β-unsaturated/α-hetero) is 1. The quantitative estimate of drug-likeness (QED) is 0.149. The Morgan fingerprint density at radius 3 is 2.55 bits per heavy atom. The molecule has 15 heteroatoms. The van der Waals surface area contributed by atoms with E-state index >= 15 is 0 Å². The zero-order valence-corrected chi connectivity index (χ0v) is 34.3. The highest BCUT2D eigenvalue weighted by Crippen LogP contribution is 2.79. The minimum Gasteiger partial charge on any atom is -0.481 e. The molecule has 1 heterocycles. The van der Waals surface area contributed by atoms with Gasteiger partial charge in [0.2, 0.25) is 17.7 Å². The number of hydrogen-bond acceptors (Lipinski definition) is 10. The number of rotatable bonds is 14. The van der Waals surface area contributed by atoms with Crippen molar-refractivity contribution in [3.63, 3.8) is 0 Å². The highest BCUT2D eigenvalue weighted by Gasteiger charge is 2.80. The monoisotopic (exact) mass is 865 g/mol. The largest absolute Gasteiger partial charge is 0.481 e. The summed E-state index contributed by atoms with van der Waals surface area (Å²) >= 11 is 3.00. The van der Waals surface area contributed by atoms with Crippen molar-refractivity contribution < 1.29 is 53.6 Å². The van der Waals surface area contributed by atoms with Crippen molar-refractivity contribution in [1.82, 2.24) is 10.6 Å². The van der Waals surface area contributed by atoms with Crippen molar-refractivity contribution in [3.05, 3.63) is 53.6 Å². The van der Waals surface area contributed by atoms with Crippen LogP contribution in [0, 0.1) is 39.4 Å². The third-order valence-electron chi connectivity index (χ3n) is 15.1. The van der Waals surface area contributed by atoms with Crippen molar-refractivity contribution in [2.75, 3.05) is 23.8 Å². The lowest BCUT2D eigenvalue weighted by Crippen LogP contribution is -2.69. The number of hydrogen-bond donors (Lipinski definition) is 6. The van der Waals surface area contributed by atoms with Gasteiger partial charge in [-0.2, -0.15) is 0 Å². The average molecular weight is 867 g/mol. The molecule has 1 aromatic rings. The molecule has 7 fully saturated rings. The van der Waals surface area contributed by atoms with Crippen LogP contribution in [0.4, 0.5) is 5.69 Å². The summed E-state index contributed by atoms with van der Waals surface area (Å²) in [7, 11) is 0. The Bertz CT molecular complexity index is 1980. The van der Waals surface area contributed by atoms with Gasteiger partial charge in [-0.05, 0) is 105 Å². The van der Waals surface area contributed by atoms with Gasteiger partial charge in [-0.3, -0.25) is 28.8 Å². The van der Waals surface area contributed by atoms with Crippen LogP contribution in [0.3, 0.4) is 0 Å². The Balaban J connectivity index is 0.921. The number of amides is 3. The van der Waals surface area contributed by atoms with Gasteiger partial charge >= 0.3 is 5.97 Å². The lowest BCUT2D eigenvalue weighted by atomic mass is 9.33. The number of aliphatic carboxylic acids is 1. The molecule has 2 bridgehead atoms. The third-order valence-corrected chi connectivity index (χ3v) is 15.6. The fourth-order valence-corrected chi connectivity index (χ4v) is 13.1. The first kappa shape index (κ1) is 41.0. The fourth-order valence-electron chi connectivity index (χ4n) is 12.9. The number of aliphatic hydroxyl groups excluding tert-OH is 2. The predicted octanol–water partition coefficient (Wildman–Crippen LogP) is 3.13. The molecule has 312 valence electrons. The first-order chi connectivity index (χ1) is 27.5. The van der Waals surface area contributed by atoms with Crippen LogP contribution >= 0.6 is 15.9 Å². The summed E-state index contributed by atoms with van der Waals surface area (Å²) in [5.41, 5.74) is -0.336. The van der Waals surface area contributed by atoms with Crippen molar-refractivity contribution in [1.29, 1.82) is 0 Å². The van der Waals surface area contributed by atoms with E-state index in [9.17, 15) is 44.1 Å². The Labute approximate surface area is 345 Å². The molecule has 8 aliphatic rings. The van der Waals surface area contributed by atoms with Crippen molar-refractivity contribution in [2.45, 2.75) is 108 Å². The molecule has 1 unspecified atom stereocenters. The van der Waals surface area contributed by atoms with Crippen molar-refractivity contribution in [3.8, 4) is 0 Å². The summed E-state index contributed by atoms with van der Waals surface area (Å²) in [6.45, 7) is 3.12. The second-order valence-electron chi connectivity index (χ2n) is 18.6. The van der Waals surface area contributed by atoms with Gasteiger partial charge in [-0.25, -0.2) is 0 Å². The number of allylic oxidation sites excluding steroid dienone is 4. The van der Waals surface area contributed by atoms with E-state index < -0.39 is 77.1 Å². The summed E-state index contributed by atoms with van der Waals surface area (Å²) in [4.78, 5) is 74.8. The minimum absolute atomic E-state index is 0.00677. The number of carboxylic acids is 1. The number of anilines is 1. The highest BCUT2D eigenvalue weighted by atomic mass is 79.9. The van der Waals surface area contributed by atoms with Crippen LogP contribution in [0.15, 0.2) is 48.1 Å². The molecular weight excluding hydrogens is 814 g/mol. The smallest absolute Gasteiger partial charge is 0.303 e. The molecule has 6 saturated carbocycles. The zero-order chi connectivity index (χ0) is 41.4. The van der Waals surface area contributed by atoms with Crippen LogP contribution in [0.5, 0.6) is 0 Å². The number of nitrogens with one attached hydrogen (secondary N) is 3. The van der Waals surface area contributed by atoms with E-state index in [1.807, 2.05) is 31.2 Å². The van der Waals surface area contributed by atoms with Crippen LogP contribution in [-0.4, -0.2) is 99.2 Å². The molecule has 14 nitrogen and oxygen atoms in total. The van der Waals surface area contributed by atoms with Gasteiger partial charge in [-0.15, -0.1) is 0 Å². The number of carboxylic acid groups (broad SMARTS) is 1. The molecule has 6 N–H and O–H groups in total. The number of ether oxygens (including phenoxy) is 2. The van der Waals surface area contributed by atoms with Crippen molar-refractivity contribution >= 4 is 56.9 Å². The fraction of sp³-hybridized carbons (Fsp3) is 0.628. The summed E-state index contributed by atoms with van der Waals surface area (Å²) in [6.07, 6.45) is 8.55. The van der Waals surface area contributed by atoms with Crippen LogP contribution < -0.4 is 16.0 Å². The Morgan fingerprint density at radius 2 is 1.84 bits per heavy atom. The number of halogens is 1. The molecule has 0 spiro atoms. The number of benzene rings is 1. The zero-order valence-electron chi connectivity index (χ0n) is 32.8. The standard InChI is InChI=1S/C43H52BrN3O11/c1-39-11-10-26(49)13-24(39)6-7-27-28-14-32-43(31(51)19-48,40(28,2)16-30(50)36(27)39)58-38(57-32)42-20-41(21-42,22-42)15-23-4-3-5-25(12-23)46-37(56)29(8-9-35(54)55)47-34(53)18-45-33(52)17-44/h3-5,10-13,27-30,32,36,38,48,50H,6-9,14-22H2,1-2H3,(H,45,52)(H,46,56)(H,47,53)(H,54,55)/t27-,28-,29-,30-,32?,36+,38+,39-,40-,41?,42?,43+/m0/s1. The van der Waals surface area contributed by atoms with E-state index in [-0.39, 0.29) is 59.1 Å². The molecule has 1 aliphatic heterocycles. The Morgan fingerprint density at radius 1 is 1.09 bits per heavy atom. The second kappa shape index (κ2) is 14.8. The topological polar surface area (TPSA) is 218 Å². The summed E-state index contributed by atoms with van der Waals surface area (Å²) < 4.78 is 13.7. The molecule has 9 rings (SSSR count). The third kappa shape index (κ3) is 6.50. The predicted molar refractivity (Wildman–Crippen MR) is 211 cm³/mol. The van der Waals surface area contributed by atoms with E-state index in [0.29, 0.717) is 18.5 Å². The maximum Gasteiger partial charge on any atom is 0.303 e. The van der Waals surface area contributed by atoms with E-state index in [2.05, 4.69) is 38.8 Å². The SMILES string of the molecule is C[C@]12C=CC(=O)C=C1CC[C@@H]1[C@@H]2[C@@H](O)C[C@@]2(C)[C@H]1CC1O[C@@H](C34CC(Cc5cccc(NC(=O)[C@H](CCC(=O)O)NC(=O)CNC(=O)CBr)c5)(C3)C4)O[C@]12C(=O)CO. The molecule has 0 radical (unpaired) electrons. The highest BCUT2D eigenvalue weighted by molar-refractivity contribution is 9.09. The van der Waals surface area contributed by atoms with Gasteiger partial charge in [0.05, 0.1) is 24.1 Å². The van der Waals surface area contributed by atoms with E-state index in [4.69, 9.17) is 9.47 Å². The van der Waals surface area contributed by atoms with Gasteiger partial charge in [0.25, 0.3) is 0 Å².